The first-order valence-corrected chi connectivity index (χ1v) is 11.4. The van der Waals surface area contributed by atoms with Crippen LogP contribution in [0.5, 0.6) is 0 Å². The molecule has 0 bridgehead atoms. The van der Waals surface area contributed by atoms with Gasteiger partial charge in [0.25, 0.3) is 0 Å². The topological polar surface area (TPSA) is 82.0 Å². The molecule has 4 rings (SSSR count). The van der Waals surface area contributed by atoms with Crippen LogP contribution in [-0.2, 0) is 19.0 Å². The lowest BCUT2D eigenvalue weighted by atomic mass is 9.93. The smallest absolute Gasteiger partial charge is 0.338 e. The van der Waals surface area contributed by atoms with E-state index in [1.165, 1.54) is 29.5 Å². The molecule has 1 unspecified atom stereocenters. The summed E-state index contributed by atoms with van der Waals surface area (Å²) >= 11 is 7.78. The van der Waals surface area contributed by atoms with Gasteiger partial charge in [-0.25, -0.2) is 14.2 Å². The molecule has 2 aromatic rings. The summed E-state index contributed by atoms with van der Waals surface area (Å²) in [7, 11) is 0. The van der Waals surface area contributed by atoms with E-state index in [4.69, 9.17) is 30.8 Å². The number of ether oxygens (including phenoxy) is 3. The van der Waals surface area contributed by atoms with Crippen molar-refractivity contribution in [3.63, 3.8) is 0 Å². The van der Waals surface area contributed by atoms with E-state index in [-0.39, 0.29) is 17.7 Å². The number of aliphatic imine (C=N–C) groups is 1. The third-order valence-electron chi connectivity index (χ3n) is 5.01. The lowest BCUT2D eigenvalue weighted by Crippen LogP contribution is -2.36. The second-order valence-electron chi connectivity index (χ2n) is 7.78. The molecule has 0 amide bonds. The summed E-state index contributed by atoms with van der Waals surface area (Å²) < 4.78 is 30.7. The Bertz CT molecular complexity index is 1070. The number of benzene rings is 1. The van der Waals surface area contributed by atoms with Gasteiger partial charge in [-0.1, -0.05) is 17.7 Å². The Balaban J connectivity index is 1.81. The quantitative estimate of drug-likeness (QED) is 0.619. The lowest BCUT2D eigenvalue weighted by molar-refractivity contribution is -0.139. The van der Waals surface area contributed by atoms with Crippen LogP contribution in [0, 0.1) is 5.82 Å². The van der Waals surface area contributed by atoms with Gasteiger partial charge in [0.2, 0.25) is 0 Å². The zero-order valence-corrected chi connectivity index (χ0v) is 19.4. The van der Waals surface area contributed by atoms with E-state index < -0.39 is 23.6 Å². The Morgan fingerprint density at radius 3 is 2.88 bits per heavy atom. The standard InChI is InChI=1S/C22H23ClFN3O4S/c1-4-29-21(28)17-16(10-13-11-30-22(2,3)31-13)26-19(20-25-7-8-32-20)27-18(17)14-6-5-12(24)9-15(14)23/h5-9,13,18H,4,10-11H2,1-3H3,(H,26,27)/t13-,18?/m0/s1. The number of aromatic nitrogens is 1. The normalized spacial score (nSPS) is 22.5. The Morgan fingerprint density at radius 1 is 1.44 bits per heavy atom. The van der Waals surface area contributed by atoms with Gasteiger partial charge in [-0.3, -0.25) is 4.99 Å². The minimum Gasteiger partial charge on any atom is -0.463 e. The largest absolute Gasteiger partial charge is 0.463 e. The van der Waals surface area contributed by atoms with Crippen LogP contribution in [0.15, 0.2) is 46.0 Å². The number of halogens is 2. The molecule has 1 fully saturated rings. The van der Waals surface area contributed by atoms with Crippen molar-refractivity contribution < 1.29 is 23.4 Å². The first-order chi connectivity index (χ1) is 15.3. The summed E-state index contributed by atoms with van der Waals surface area (Å²) in [6.07, 6.45) is 1.75. The van der Waals surface area contributed by atoms with E-state index in [0.29, 0.717) is 40.7 Å². The number of thiazole rings is 1. The van der Waals surface area contributed by atoms with Crippen molar-refractivity contribution >= 4 is 34.7 Å². The van der Waals surface area contributed by atoms with Crippen LogP contribution in [-0.4, -0.2) is 41.9 Å². The molecular weight excluding hydrogens is 457 g/mol. The fourth-order valence-electron chi connectivity index (χ4n) is 3.69. The van der Waals surface area contributed by atoms with E-state index in [9.17, 15) is 9.18 Å². The highest BCUT2D eigenvalue weighted by Gasteiger charge is 2.38. The monoisotopic (exact) mass is 479 g/mol. The SMILES string of the molecule is CCOC(=O)C1=C(C[C@H]2COC(C)(C)O2)NC(c2nccs2)=NC1c1ccc(F)cc1Cl. The van der Waals surface area contributed by atoms with Crippen molar-refractivity contribution in [3.05, 3.63) is 62.5 Å². The number of hydrogen-bond donors (Lipinski definition) is 1. The van der Waals surface area contributed by atoms with Gasteiger partial charge in [0.1, 0.15) is 11.9 Å². The van der Waals surface area contributed by atoms with E-state index in [1.807, 2.05) is 19.2 Å². The molecule has 1 saturated heterocycles. The fraction of sp³-hybridized carbons (Fsp3) is 0.409. The van der Waals surface area contributed by atoms with Crippen molar-refractivity contribution in [1.29, 1.82) is 0 Å². The van der Waals surface area contributed by atoms with Crippen LogP contribution in [0.25, 0.3) is 0 Å². The maximum Gasteiger partial charge on any atom is 0.338 e. The molecule has 1 aromatic carbocycles. The Morgan fingerprint density at radius 2 is 2.25 bits per heavy atom. The van der Waals surface area contributed by atoms with Crippen molar-refractivity contribution in [2.75, 3.05) is 13.2 Å². The Kier molecular flexibility index (Phi) is 6.62. The van der Waals surface area contributed by atoms with Gasteiger partial charge in [0.05, 0.1) is 24.9 Å². The molecule has 32 heavy (non-hydrogen) atoms. The molecule has 170 valence electrons. The van der Waals surface area contributed by atoms with E-state index in [1.54, 1.807) is 13.1 Å². The third-order valence-corrected chi connectivity index (χ3v) is 6.12. The van der Waals surface area contributed by atoms with E-state index in [0.717, 1.165) is 0 Å². The molecule has 2 atom stereocenters. The highest BCUT2D eigenvalue weighted by atomic mass is 35.5. The molecule has 3 heterocycles. The van der Waals surface area contributed by atoms with E-state index >= 15 is 0 Å². The highest BCUT2D eigenvalue weighted by Crippen LogP contribution is 2.38. The van der Waals surface area contributed by atoms with Crippen LogP contribution >= 0.6 is 22.9 Å². The first kappa shape index (κ1) is 22.8. The van der Waals surface area contributed by atoms with Gasteiger partial charge in [0, 0.05) is 34.3 Å². The molecule has 1 N–H and O–H groups in total. The fourth-order valence-corrected chi connectivity index (χ4v) is 4.55. The Hall–Kier alpha value is -2.33. The molecule has 0 saturated carbocycles. The molecule has 0 aliphatic carbocycles. The highest BCUT2D eigenvalue weighted by molar-refractivity contribution is 7.11. The van der Waals surface area contributed by atoms with Crippen LogP contribution in [0.1, 0.15) is 43.8 Å². The number of esters is 1. The molecule has 10 heteroatoms. The maximum atomic E-state index is 13.7. The van der Waals surface area contributed by atoms with Crippen LogP contribution in [0.2, 0.25) is 5.02 Å². The zero-order chi connectivity index (χ0) is 22.9. The predicted octanol–water partition coefficient (Wildman–Crippen LogP) is 4.39. The summed E-state index contributed by atoms with van der Waals surface area (Å²) in [6.45, 7) is 5.98. The van der Waals surface area contributed by atoms with Crippen molar-refractivity contribution in [2.45, 2.75) is 45.1 Å². The predicted molar refractivity (Wildman–Crippen MR) is 119 cm³/mol. The summed E-state index contributed by atoms with van der Waals surface area (Å²) in [5.41, 5.74) is 1.38. The van der Waals surface area contributed by atoms with Crippen molar-refractivity contribution in [3.8, 4) is 0 Å². The van der Waals surface area contributed by atoms with Gasteiger partial charge < -0.3 is 19.5 Å². The summed E-state index contributed by atoms with van der Waals surface area (Å²) in [5, 5.41) is 5.91. The molecule has 1 aromatic heterocycles. The molecule has 0 radical (unpaired) electrons. The van der Waals surface area contributed by atoms with E-state index in [2.05, 4.69) is 10.3 Å². The van der Waals surface area contributed by atoms with Crippen molar-refractivity contribution in [1.82, 2.24) is 10.3 Å². The maximum absolute atomic E-state index is 13.7. The number of carbonyl (C=O) groups excluding carboxylic acids is 1. The summed E-state index contributed by atoms with van der Waals surface area (Å²) in [6, 6.07) is 3.23. The van der Waals surface area contributed by atoms with Gasteiger partial charge in [-0.15, -0.1) is 11.3 Å². The first-order valence-electron chi connectivity index (χ1n) is 10.2. The second-order valence-corrected chi connectivity index (χ2v) is 9.08. The van der Waals surface area contributed by atoms with Crippen molar-refractivity contribution in [2.24, 2.45) is 4.99 Å². The second kappa shape index (κ2) is 9.27. The minimum atomic E-state index is -0.798. The van der Waals surface area contributed by atoms with Gasteiger partial charge in [-0.05, 0) is 32.9 Å². The van der Waals surface area contributed by atoms with Gasteiger partial charge in [-0.2, -0.15) is 0 Å². The molecule has 0 spiro atoms. The molecule has 7 nitrogen and oxygen atoms in total. The molecule has 2 aliphatic heterocycles. The third kappa shape index (κ3) is 4.85. The number of hydrogen-bond acceptors (Lipinski definition) is 8. The van der Waals surface area contributed by atoms with Gasteiger partial charge >= 0.3 is 5.97 Å². The van der Waals surface area contributed by atoms with Crippen LogP contribution < -0.4 is 5.32 Å². The Labute approximate surface area is 194 Å². The average molecular weight is 480 g/mol. The van der Waals surface area contributed by atoms with Crippen LogP contribution in [0.4, 0.5) is 4.39 Å². The lowest BCUT2D eigenvalue weighted by Gasteiger charge is -2.28. The molecular formula is C22H23ClFN3O4S. The van der Waals surface area contributed by atoms with Crippen LogP contribution in [0.3, 0.4) is 0 Å². The van der Waals surface area contributed by atoms with Gasteiger partial charge in [0.15, 0.2) is 16.6 Å². The number of carbonyl (C=O) groups is 1. The summed E-state index contributed by atoms with van der Waals surface area (Å²) in [5.74, 6) is -1.22. The summed E-state index contributed by atoms with van der Waals surface area (Å²) in [4.78, 5) is 22.1. The minimum absolute atomic E-state index is 0.168. The molecule has 2 aliphatic rings. The number of nitrogens with zero attached hydrogens (tertiary/aromatic N) is 2. The zero-order valence-electron chi connectivity index (χ0n) is 17.9. The average Bonchev–Trinajstić information content (AvgIpc) is 3.37. The number of nitrogens with one attached hydrogen (secondary N) is 1. The number of amidine groups is 1. The number of rotatable bonds is 6.